The lowest BCUT2D eigenvalue weighted by molar-refractivity contribution is 0.929. The molecule has 0 aromatic rings. The molecule has 0 heterocycles. The van der Waals surface area contributed by atoms with Gasteiger partial charge in [-0.3, -0.25) is 0 Å². The van der Waals surface area contributed by atoms with Gasteiger partial charge in [-0.1, -0.05) is 0 Å². The lowest BCUT2D eigenvalue weighted by atomic mass is 10.4. The second kappa shape index (κ2) is 15.8. The van der Waals surface area contributed by atoms with Gasteiger partial charge in [0.05, 0.1) is 0 Å². The van der Waals surface area contributed by atoms with Gasteiger partial charge in [0.2, 0.25) is 0 Å². The summed E-state index contributed by atoms with van der Waals surface area (Å²) in [6.07, 6.45) is 1.20. The standard InChI is InChI=1S/C11H24S7/c12-2-1-10(17-5-3-13)8-16-9-11(7-15)18-6-4-14/h10-15H,1-9H2. The fourth-order valence-electron chi connectivity index (χ4n) is 1.28. The lowest BCUT2D eigenvalue weighted by Gasteiger charge is -2.17. The number of hydrogen-bond donors (Lipinski definition) is 4. The highest BCUT2D eigenvalue weighted by Gasteiger charge is 2.11. The quantitative estimate of drug-likeness (QED) is 0.356. The van der Waals surface area contributed by atoms with Crippen molar-refractivity contribution in [1.82, 2.24) is 0 Å². The van der Waals surface area contributed by atoms with E-state index in [2.05, 4.69) is 62.3 Å². The van der Waals surface area contributed by atoms with Crippen molar-refractivity contribution in [3.63, 3.8) is 0 Å². The number of thioether (sulfide) groups is 3. The average molecular weight is 381 g/mol. The Morgan fingerprint density at radius 2 is 1.28 bits per heavy atom. The molecule has 0 aliphatic rings. The molecular formula is C11H24S7. The SMILES string of the molecule is SCCSC(CS)CSCC(CCS)SCCS. The Hall–Kier alpha value is 2.45. The van der Waals surface area contributed by atoms with Crippen molar-refractivity contribution < 1.29 is 0 Å². The highest BCUT2D eigenvalue weighted by atomic mass is 32.2. The van der Waals surface area contributed by atoms with Crippen LogP contribution in [-0.4, -0.2) is 56.5 Å². The Balaban J connectivity index is 3.73. The third kappa shape index (κ3) is 12.2. The van der Waals surface area contributed by atoms with Crippen molar-refractivity contribution in [3.8, 4) is 0 Å². The zero-order valence-corrected chi connectivity index (χ0v) is 16.6. The van der Waals surface area contributed by atoms with Gasteiger partial charge in [0.25, 0.3) is 0 Å². The minimum absolute atomic E-state index is 0.664. The van der Waals surface area contributed by atoms with Gasteiger partial charge < -0.3 is 0 Å². The summed E-state index contributed by atoms with van der Waals surface area (Å²) in [5.41, 5.74) is 0. The molecule has 0 aromatic carbocycles. The zero-order valence-electron chi connectivity index (χ0n) is 10.5. The molecule has 0 spiro atoms. The topological polar surface area (TPSA) is 0 Å². The van der Waals surface area contributed by atoms with E-state index in [1.54, 1.807) is 0 Å². The summed E-state index contributed by atoms with van der Waals surface area (Å²) >= 11 is 23.4. The molecule has 0 radical (unpaired) electrons. The smallest absolute Gasteiger partial charge is 0.0226 e. The fraction of sp³-hybridized carbons (Fsp3) is 1.00. The van der Waals surface area contributed by atoms with Gasteiger partial charge >= 0.3 is 0 Å². The molecule has 0 aliphatic carbocycles. The first-order valence-electron chi connectivity index (χ1n) is 6.02. The van der Waals surface area contributed by atoms with Crippen LogP contribution in [0.3, 0.4) is 0 Å². The molecule has 0 aromatic heterocycles. The summed E-state index contributed by atoms with van der Waals surface area (Å²) in [6.45, 7) is 0. The largest absolute Gasteiger partial charge is 0.179 e. The minimum atomic E-state index is 0.664. The van der Waals surface area contributed by atoms with E-state index >= 15 is 0 Å². The molecular weight excluding hydrogens is 357 g/mol. The Bertz CT molecular complexity index is 167. The number of rotatable bonds is 13. The van der Waals surface area contributed by atoms with Crippen molar-refractivity contribution in [3.05, 3.63) is 0 Å². The van der Waals surface area contributed by atoms with Crippen molar-refractivity contribution in [2.24, 2.45) is 0 Å². The van der Waals surface area contributed by atoms with E-state index in [0.717, 1.165) is 39.8 Å². The Kier molecular flexibility index (Phi) is 18.0. The molecule has 0 aliphatic heterocycles. The van der Waals surface area contributed by atoms with E-state index in [-0.39, 0.29) is 0 Å². The van der Waals surface area contributed by atoms with Crippen LogP contribution in [0, 0.1) is 0 Å². The molecule has 0 saturated heterocycles. The first-order valence-corrected chi connectivity index (χ1v) is 11.8. The number of hydrogen-bond acceptors (Lipinski definition) is 7. The molecule has 110 valence electrons. The predicted molar refractivity (Wildman–Crippen MR) is 110 cm³/mol. The maximum atomic E-state index is 4.42. The lowest BCUT2D eigenvalue weighted by Crippen LogP contribution is -2.14. The van der Waals surface area contributed by atoms with Gasteiger partial charge in [0, 0.05) is 39.3 Å². The van der Waals surface area contributed by atoms with Crippen molar-refractivity contribution in [1.29, 1.82) is 0 Å². The van der Waals surface area contributed by atoms with Gasteiger partial charge in [-0.15, -0.1) is 0 Å². The highest BCUT2D eigenvalue weighted by molar-refractivity contribution is 8.05. The van der Waals surface area contributed by atoms with Gasteiger partial charge in [-0.2, -0.15) is 85.8 Å². The van der Waals surface area contributed by atoms with E-state index in [9.17, 15) is 0 Å². The van der Waals surface area contributed by atoms with Crippen LogP contribution >= 0.6 is 85.8 Å². The summed E-state index contributed by atoms with van der Waals surface area (Å²) in [5, 5.41) is 1.40. The molecule has 0 N–H and O–H groups in total. The molecule has 0 rings (SSSR count). The minimum Gasteiger partial charge on any atom is -0.179 e. The van der Waals surface area contributed by atoms with Gasteiger partial charge in [-0.05, 0) is 23.7 Å². The van der Waals surface area contributed by atoms with Crippen molar-refractivity contribution in [2.75, 3.05) is 46.0 Å². The Morgan fingerprint density at radius 3 is 1.78 bits per heavy atom. The van der Waals surface area contributed by atoms with Crippen LogP contribution < -0.4 is 0 Å². The second-order valence-electron chi connectivity index (χ2n) is 3.67. The molecule has 2 unspecified atom stereocenters. The second-order valence-corrected chi connectivity index (χ2v) is 9.26. The summed E-state index contributed by atoms with van der Waals surface area (Å²) in [5.74, 6) is 8.57. The maximum Gasteiger partial charge on any atom is 0.0226 e. The zero-order chi connectivity index (χ0) is 13.6. The van der Waals surface area contributed by atoms with Crippen LogP contribution in [0.4, 0.5) is 0 Å². The molecule has 0 bridgehead atoms. The molecule has 7 heteroatoms. The van der Waals surface area contributed by atoms with Crippen molar-refractivity contribution in [2.45, 2.75) is 16.9 Å². The summed E-state index contributed by atoms with van der Waals surface area (Å²) in [4.78, 5) is 0. The van der Waals surface area contributed by atoms with E-state index < -0.39 is 0 Å². The van der Waals surface area contributed by atoms with E-state index in [0.29, 0.717) is 5.25 Å². The molecule has 2 atom stereocenters. The Morgan fingerprint density at radius 1 is 0.722 bits per heavy atom. The van der Waals surface area contributed by atoms with E-state index in [1.807, 2.05) is 23.5 Å². The number of thiol groups is 4. The predicted octanol–water partition coefficient (Wildman–Crippen LogP) is 4.03. The molecule has 18 heavy (non-hydrogen) atoms. The van der Waals surface area contributed by atoms with Gasteiger partial charge in [0.1, 0.15) is 0 Å². The van der Waals surface area contributed by atoms with Crippen molar-refractivity contribution >= 4 is 85.8 Å². The summed E-state index contributed by atoms with van der Waals surface area (Å²) < 4.78 is 0. The van der Waals surface area contributed by atoms with Crippen LogP contribution in [-0.2, 0) is 0 Å². The third-order valence-electron chi connectivity index (χ3n) is 2.15. The van der Waals surface area contributed by atoms with Crippen LogP contribution in [0.1, 0.15) is 6.42 Å². The molecule has 0 amide bonds. The monoisotopic (exact) mass is 380 g/mol. The first kappa shape index (κ1) is 20.5. The molecule has 0 nitrogen and oxygen atoms in total. The third-order valence-corrected chi connectivity index (χ3v) is 8.41. The van der Waals surface area contributed by atoms with Crippen LogP contribution in [0.25, 0.3) is 0 Å². The molecule has 0 fully saturated rings. The maximum absolute atomic E-state index is 4.42. The van der Waals surface area contributed by atoms with E-state index in [1.165, 1.54) is 17.9 Å². The van der Waals surface area contributed by atoms with Gasteiger partial charge in [-0.25, -0.2) is 0 Å². The van der Waals surface area contributed by atoms with Crippen LogP contribution in [0.15, 0.2) is 0 Å². The first-order chi connectivity index (χ1) is 8.78. The van der Waals surface area contributed by atoms with E-state index in [4.69, 9.17) is 0 Å². The van der Waals surface area contributed by atoms with Crippen LogP contribution in [0.5, 0.6) is 0 Å². The normalized spacial score (nSPS) is 14.7. The highest BCUT2D eigenvalue weighted by Crippen LogP contribution is 2.24. The van der Waals surface area contributed by atoms with Gasteiger partial charge in [0.15, 0.2) is 0 Å². The fourth-order valence-corrected chi connectivity index (χ4v) is 6.58. The Labute approximate surface area is 147 Å². The summed E-state index contributed by atoms with van der Waals surface area (Å²) in [7, 11) is 0. The average Bonchev–Trinajstić information content (AvgIpc) is 2.39. The molecule has 0 saturated carbocycles. The summed E-state index contributed by atoms with van der Waals surface area (Å²) in [6, 6.07) is 0. The van der Waals surface area contributed by atoms with Crippen LogP contribution in [0.2, 0.25) is 0 Å².